The molecule has 1 heterocycles. The molecule has 0 atom stereocenters. The number of carboxylic acids is 2. The number of ether oxygens (including phenoxy) is 1. The Morgan fingerprint density at radius 2 is 1.49 bits per heavy atom. The molecule has 4 rings (SSSR count). The summed E-state index contributed by atoms with van der Waals surface area (Å²) in [6.45, 7) is 1.65. The molecule has 0 aliphatic rings. The highest BCUT2D eigenvalue weighted by Gasteiger charge is 2.19. The van der Waals surface area contributed by atoms with Crippen LogP contribution in [0.1, 0.15) is 36.6 Å². The minimum Gasteiger partial charge on any atom is -0.478 e. The molecule has 4 aromatic rings. The highest BCUT2D eigenvalue weighted by atomic mass is 16.6. The van der Waals surface area contributed by atoms with Crippen LogP contribution in [-0.4, -0.2) is 49.9 Å². The van der Waals surface area contributed by atoms with Crippen molar-refractivity contribution in [1.82, 2.24) is 9.78 Å². The van der Waals surface area contributed by atoms with Gasteiger partial charge in [0, 0.05) is 23.9 Å². The van der Waals surface area contributed by atoms with E-state index in [-0.39, 0.29) is 16.8 Å². The van der Waals surface area contributed by atoms with E-state index in [2.05, 4.69) is 5.10 Å². The molecule has 0 bridgehead atoms. The normalized spacial score (nSPS) is 10.1. The average molecular weight is 503 g/mol. The van der Waals surface area contributed by atoms with Gasteiger partial charge in [0.05, 0.1) is 28.8 Å². The number of hydrogen-bond donors (Lipinski definition) is 2. The van der Waals surface area contributed by atoms with Crippen LogP contribution >= 0.6 is 0 Å². The molecule has 0 spiro atoms. The number of aromatic carboxylic acids is 2. The van der Waals surface area contributed by atoms with Gasteiger partial charge in [-0.3, -0.25) is 10.1 Å². The summed E-state index contributed by atoms with van der Waals surface area (Å²) in [6.07, 6.45) is 1.55. The predicted octanol–water partition coefficient (Wildman–Crippen LogP) is 4.63. The maximum atomic E-state index is 12.0. The van der Waals surface area contributed by atoms with Crippen LogP contribution in [-0.2, 0) is 4.74 Å². The summed E-state index contributed by atoms with van der Waals surface area (Å²) in [5.74, 6) is -2.74. The Kier molecular flexibility index (Phi) is 8.10. The number of carbonyl (C=O) groups is 3. The van der Waals surface area contributed by atoms with E-state index in [1.165, 1.54) is 36.1 Å². The molecule has 0 aliphatic carbocycles. The number of hydrogen-bond acceptors (Lipinski definition) is 7. The van der Waals surface area contributed by atoms with Crippen LogP contribution in [0.5, 0.6) is 0 Å². The lowest BCUT2D eigenvalue weighted by Crippen LogP contribution is -2.02. The van der Waals surface area contributed by atoms with Crippen LogP contribution in [0.25, 0.3) is 16.9 Å². The number of methoxy groups -OCH3 is 1. The Morgan fingerprint density at radius 1 is 0.919 bits per heavy atom. The fraction of sp³-hybridized carbons (Fsp3) is 0.0769. The molecule has 0 fully saturated rings. The molecule has 11 heteroatoms. The summed E-state index contributed by atoms with van der Waals surface area (Å²) in [6, 6.07) is 19.2. The standard InChI is InChI=1S/C17H13N3O4.C9H8O4/c1-24-17(21)15-11-19(13-7-9-14(10-8-13)20(22)23)18-16(15)12-5-3-2-4-6-12;1-5-2-6(8(10)11)4-7(3-5)9(12)13/h2-11H,1H3;2-4H,1H3,(H,10,11)(H,12,13). The van der Waals surface area contributed by atoms with E-state index in [0.717, 1.165) is 11.6 Å². The first kappa shape index (κ1) is 26.3. The van der Waals surface area contributed by atoms with Crippen LogP contribution < -0.4 is 0 Å². The van der Waals surface area contributed by atoms with Gasteiger partial charge in [0.1, 0.15) is 11.3 Å². The average Bonchev–Trinajstić information content (AvgIpc) is 3.34. The number of nitrogens with zero attached hydrogens (tertiary/aromatic N) is 3. The molecule has 188 valence electrons. The molecular weight excluding hydrogens is 482 g/mol. The van der Waals surface area contributed by atoms with Crippen molar-refractivity contribution in [2.75, 3.05) is 7.11 Å². The number of aryl methyl sites for hydroxylation is 1. The third-order valence-corrected chi connectivity index (χ3v) is 5.06. The predicted molar refractivity (Wildman–Crippen MR) is 132 cm³/mol. The van der Waals surface area contributed by atoms with Gasteiger partial charge in [-0.25, -0.2) is 19.1 Å². The second kappa shape index (κ2) is 11.4. The van der Waals surface area contributed by atoms with Gasteiger partial charge in [0.25, 0.3) is 5.69 Å². The monoisotopic (exact) mass is 503 g/mol. The number of aromatic nitrogens is 2. The lowest BCUT2D eigenvalue weighted by molar-refractivity contribution is -0.384. The number of rotatable bonds is 6. The highest BCUT2D eigenvalue weighted by Crippen LogP contribution is 2.25. The van der Waals surface area contributed by atoms with Gasteiger partial charge >= 0.3 is 17.9 Å². The fourth-order valence-electron chi connectivity index (χ4n) is 3.33. The van der Waals surface area contributed by atoms with E-state index in [1.807, 2.05) is 30.3 Å². The topological polar surface area (TPSA) is 162 Å². The van der Waals surface area contributed by atoms with Crippen LogP contribution in [0.15, 0.2) is 79.0 Å². The van der Waals surface area contributed by atoms with Gasteiger partial charge in [0.2, 0.25) is 0 Å². The SMILES string of the molecule is COC(=O)c1cn(-c2ccc([N+](=O)[O-])cc2)nc1-c1ccccc1.Cc1cc(C(=O)O)cc(C(=O)O)c1. The van der Waals surface area contributed by atoms with Crippen molar-refractivity contribution >= 4 is 23.6 Å². The summed E-state index contributed by atoms with van der Waals surface area (Å²) in [5, 5.41) is 32.4. The molecule has 0 radical (unpaired) electrons. The van der Waals surface area contributed by atoms with E-state index in [0.29, 0.717) is 22.5 Å². The molecular formula is C26H21N3O8. The number of non-ortho nitro benzene ring substituents is 1. The number of benzene rings is 3. The zero-order valence-electron chi connectivity index (χ0n) is 19.7. The second-order valence-corrected chi connectivity index (χ2v) is 7.67. The first-order valence-electron chi connectivity index (χ1n) is 10.7. The number of carbonyl (C=O) groups excluding carboxylic acids is 1. The fourth-order valence-corrected chi connectivity index (χ4v) is 3.33. The number of esters is 1. The van der Waals surface area contributed by atoms with Crippen molar-refractivity contribution in [1.29, 1.82) is 0 Å². The summed E-state index contributed by atoms with van der Waals surface area (Å²) in [7, 11) is 1.31. The Morgan fingerprint density at radius 3 is 1.97 bits per heavy atom. The van der Waals surface area contributed by atoms with Crippen LogP contribution in [0, 0.1) is 17.0 Å². The zero-order valence-corrected chi connectivity index (χ0v) is 19.7. The molecule has 0 saturated carbocycles. The molecule has 37 heavy (non-hydrogen) atoms. The molecule has 0 aliphatic heterocycles. The van der Waals surface area contributed by atoms with E-state index in [4.69, 9.17) is 14.9 Å². The van der Waals surface area contributed by atoms with Crippen molar-refractivity contribution in [3.8, 4) is 16.9 Å². The minimum atomic E-state index is -1.12. The van der Waals surface area contributed by atoms with Gasteiger partial charge in [-0.15, -0.1) is 0 Å². The maximum absolute atomic E-state index is 12.0. The Bertz CT molecular complexity index is 1430. The zero-order chi connectivity index (χ0) is 27.1. The van der Waals surface area contributed by atoms with Crippen molar-refractivity contribution in [2.24, 2.45) is 0 Å². The number of nitro benzene ring substituents is 1. The van der Waals surface area contributed by atoms with Crippen LogP contribution in [0.4, 0.5) is 5.69 Å². The van der Waals surface area contributed by atoms with E-state index in [9.17, 15) is 24.5 Å². The van der Waals surface area contributed by atoms with Gasteiger partial charge in [-0.05, 0) is 42.8 Å². The van der Waals surface area contributed by atoms with Crippen molar-refractivity contribution in [3.05, 3.63) is 111 Å². The Labute approximate surface area is 210 Å². The molecule has 1 aromatic heterocycles. The lowest BCUT2D eigenvalue weighted by atomic mass is 10.1. The quantitative estimate of drug-likeness (QED) is 0.217. The van der Waals surface area contributed by atoms with E-state index >= 15 is 0 Å². The van der Waals surface area contributed by atoms with Gasteiger partial charge in [-0.2, -0.15) is 5.10 Å². The summed E-state index contributed by atoms with van der Waals surface area (Å²) in [4.78, 5) is 43.4. The van der Waals surface area contributed by atoms with E-state index < -0.39 is 22.8 Å². The molecule has 0 saturated heterocycles. The Hall–Kier alpha value is -5.32. The third kappa shape index (κ3) is 6.42. The van der Waals surface area contributed by atoms with Crippen molar-refractivity contribution in [2.45, 2.75) is 6.92 Å². The van der Waals surface area contributed by atoms with E-state index in [1.54, 1.807) is 25.3 Å². The summed E-state index contributed by atoms with van der Waals surface area (Å²) < 4.78 is 6.31. The molecule has 2 N–H and O–H groups in total. The minimum absolute atomic E-state index is 0.00241. The Balaban J connectivity index is 0.000000248. The van der Waals surface area contributed by atoms with Crippen molar-refractivity contribution < 1.29 is 34.3 Å². The highest BCUT2D eigenvalue weighted by molar-refractivity contribution is 5.96. The number of nitro groups is 1. The summed E-state index contributed by atoms with van der Waals surface area (Å²) >= 11 is 0. The van der Waals surface area contributed by atoms with Gasteiger partial charge < -0.3 is 14.9 Å². The third-order valence-electron chi connectivity index (χ3n) is 5.06. The maximum Gasteiger partial charge on any atom is 0.341 e. The van der Waals surface area contributed by atoms with Gasteiger partial charge in [0.15, 0.2) is 0 Å². The van der Waals surface area contributed by atoms with Crippen molar-refractivity contribution in [3.63, 3.8) is 0 Å². The van der Waals surface area contributed by atoms with Crippen LogP contribution in [0.2, 0.25) is 0 Å². The molecule has 0 amide bonds. The van der Waals surface area contributed by atoms with Gasteiger partial charge in [-0.1, -0.05) is 30.3 Å². The molecule has 3 aromatic carbocycles. The first-order chi connectivity index (χ1) is 17.6. The second-order valence-electron chi connectivity index (χ2n) is 7.67. The molecule has 0 unspecified atom stereocenters. The summed E-state index contributed by atoms with van der Waals surface area (Å²) in [5.41, 5.74) is 2.80. The largest absolute Gasteiger partial charge is 0.478 e. The molecule has 11 nitrogen and oxygen atoms in total. The van der Waals surface area contributed by atoms with Crippen LogP contribution in [0.3, 0.4) is 0 Å². The number of carboxylic acid groups (broad SMARTS) is 2. The lowest BCUT2D eigenvalue weighted by Gasteiger charge is -2.01. The first-order valence-corrected chi connectivity index (χ1v) is 10.7. The smallest absolute Gasteiger partial charge is 0.341 e.